The highest BCUT2D eigenvalue weighted by atomic mass is 32.1. The van der Waals surface area contributed by atoms with Gasteiger partial charge in [-0.25, -0.2) is 9.37 Å². The number of thiazole rings is 1. The van der Waals surface area contributed by atoms with Gasteiger partial charge in [0.25, 0.3) is 5.78 Å². The molecule has 0 radical (unpaired) electrons. The van der Waals surface area contributed by atoms with Gasteiger partial charge >= 0.3 is 5.91 Å². The number of benzene rings is 3. The number of ether oxygens (including phenoxy) is 1. The Morgan fingerprint density at radius 3 is 2.56 bits per heavy atom. The first-order valence-electron chi connectivity index (χ1n) is 11.5. The summed E-state index contributed by atoms with van der Waals surface area (Å²) in [5, 5.41) is 11.5. The molecular formula is C28H23FN2O4S. The van der Waals surface area contributed by atoms with Crippen LogP contribution >= 0.6 is 11.3 Å². The smallest absolute Gasteiger partial charge is 0.301 e. The van der Waals surface area contributed by atoms with Crippen molar-refractivity contribution in [1.29, 1.82) is 0 Å². The number of hydrogen-bond acceptors (Lipinski definition) is 6. The number of halogens is 1. The Bertz CT molecular complexity index is 1540. The first-order chi connectivity index (χ1) is 17.3. The number of hydrogen-bond donors (Lipinski definition) is 1. The van der Waals surface area contributed by atoms with Crippen molar-refractivity contribution in [2.45, 2.75) is 26.8 Å². The average molecular weight is 503 g/mol. The molecule has 6 nitrogen and oxygen atoms in total. The lowest BCUT2D eigenvalue weighted by molar-refractivity contribution is -0.132. The summed E-state index contributed by atoms with van der Waals surface area (Å²) in [6, 6.07) is 15.2. The van der Waals surface area contributed by atoms with Crippen LogP contribution in [-0.4, -0.2) is 28.4 Å². The van der Waals surface area contributed by atoms with E-state index >= 15 is 0 Å². The van der Waals surface area contributed by atoms with Crippen molar-refractivity contribution in [3.8, 4) is 5.75 Å². The molecule has 0 spiro atoms. The lowest BCUT2D eigenvalue weighted by Crippen LogP contribution is -2.29. The minimum absolute atomic E-state index is 0.123. The molecule has 1 saturated heterocycles. The molecule has 182 valence electrons. The van der Waals surface area contributed by atoms with Crippen LogP contribution in [0, 0.1) is 19.7 Å². The van der Waals surface area contributed by atoms with Crippen molar-refractivity contribution in [3.63, 3.8) is 0 Å². The Morgan fingerprint density at radius 1 is 1.11 bits per heavy atom. The quantitative estimate of drug-likeness (QED) is 0.203. The van der Waals surface area contributed by atoms with Crippen molar-refractivity contribution in [1.82, 2.24) is 4.98 Å². The second-order valence-electron chi connectivity index (χ2n) is 8.61. The molecule has 5 rings (SSSR count). The fourth-order valence-corrected chi connectivity index (χ4v) is 5.68. The molecule has 3 aromatic carbocycles. The molecule has 0 saturated carbocycles. The van der Waals surface area contributed by atoms with Gasteiger partial charge in [0.1, 0.15) is 17.3 Å². The maximum Gasteiger partial charge on any atom is 0.301 e. The van der Waals surface area contributed by atoms with E-state index in [2.05, 4.69) is 4.98 Å². The first-order valence-corrected chi connectivity index (χ1v) is 12.3. The molecule has 1 aromatic heterocycles. The lowest BCUT2D eigenvalue weighted by atomic mass is 9.95. The molecule has 1 atom stereocenters. The van der Waals surface area contributed by atoms with Crippen LogP contribution in [0.5, 0.6) is 5.75 Å². The summed E-state index contributed by atoms with van der Waals surface area (Å²) in [4.78, 5) is 32.6. The number of rotatable bonds is 5. The average Bonchev–Trinajstić information content (AvgIpc) is 3.38. The number of carbonyl (C=O) groups excluding carboxylic acids is 2. The number of aromatic nitrogens is 1. The van der Waals surface area contributed by atoms with Crippen LogP contribution in [0.4, 0.5) is 9.52 Å². The summed E-state index contributed by atoms with van der Waals surface area (Å²) >= 11 is 1.28. The van der Waals surface area contributed by atoms with E-state index in [-0.39, 0.29) is 11.3 Å². The van der Waals surface area contributed by atoms with Crippen LogP contribution in [0.25, 0.3) is 16.0 Å². The molecule has 0 bridgehead atoms. The Morgan fingerprint density at radius 2 is 1.86 bits per heavy atom. The lowest BCUT2D eigenvalue weighted by Gasteiger charge is -2.23. The van der Waals surface area contributed by atoms with Crippen LogP contribution in [0.2, 0.25) is 0 Å². The molecule has 0 aliphatic carbocycles. The SMILES string of the molecule is CCOc1ccc(/C(O)=C2\C(=O)C(=O)N(c3nc4c(C)cc(C)cc4s3)C2c2cccc(F)c2)cc1. The Kier molecular flexibility index (Phi) is 6.05. The first kappa shape index (κ1) is 23.7. The maximum absolute atomic E-state index is 14.3. The summed E-state index contributed by atoms with van der Waals surface area (Å²) in [5.74, 6) is -1.94. The molecule has 1 unspecified atom stereocenters. The van der Waals surface area contributed by atoms with Gasteiger partial charge < -0.3 is 9.84 Å². The van der Waals surface area contributed by atoms with Gasteiger partial charge in [-0.1, -0.05) is 29.5 Å². The van der Waals surface area contributed by atoms with Crippen molar-refractivity contribution in [2.75, 3.05) is 11.5 Å². The second kappa shape index (κ2) is 9.20. The third-order valence-electron chi connectivity index (χ3n) is 6.07. The number of aryl methyl sites for hydroxylation is 2. The highest BCUT2D eigenvalue weighted by Gasteiger charge is 2.48. The van der Waals surface area contributed by atoms with Crippen LogP contribution in [0.1, 0.15) is 35.2 Å². The van der Waals surface area contributed by atoms with Crippen LogP contribution in [-0.2, 0) is 9.59 Å². The Labute approximate surface area is 211 Å². The van der Waals surface area contributed by atoms with Gasteiger partial charge in [-0.2, -0.15) is 0 Å². The molecule has 1 N–H and O–H groups in total. The molecule has 4 aromatic rings. The molecule has 1 aliphatic heterocycles. The number of fused-ring (bicyclic) bond motifs is 1. The largest absolute Gasteiger partial charge is 0.507 e. The number of aliphatic hydroxyl groups excluding tert-OH is 1. The van der Waals surface area contributed by atoms with E-state index in [4.69, 9.17) is 4.74 Å². The number of Topliss-reactive ketones (excluding diaryl/α,β-unsaturated/α-hetero) is 1. The monoisotopic (exact) mass is 502 g/mol. The molecule has 8 heteroatoms. The van der Waals surface area contributed by atoms with Crippen LogP contribution < -0.4 is 9.64 Å². The van der Waals surface area contributed by atoms with E-state index in [0.29, 0.717) is 28.6 Å². The fourth-order valence-electron chi connectivity index (χ4n) is 4.52. The standard InChI is InChI=1S/C28H23FN2O4S/c1-4-35-20-10-8-17(9-11-20)25(32)22-24(18-6-5-7-19(29)14-18)31(27(34)26(22)33)28-30-23-16(3)12-15(2)13-21(23)36-28/h5-14,24,32H,4H2,1-3H3/b25-22+. The van der Waals surface area contributed by atoms with Gasteiger partial charge in [0.15, 0.2) is 5.13 Å². The minimum Gasteiger partial charge on any atom is -0.507 e. The van der Waals surface area contributed by atoms with Gasteiger partial charge in [0.05, 0.1) is 28.4 Å². The summed E-state index contributed by atoms with van der Waals surface area (Å²) in [7, 11) is 0. The highest BCUT2D eigenvalue weighted by Crippen LogP contribution is 2.44. The van der Waals surface area contributed by atoms with Gasteiger partial charge in [-0.05, 0) is 79.9 Å². The summed E-state index contributed by atoms with van der Waals surface area (Å²) < 4.78 is 20.6. The minimum atomic E-state index is -1.05. The molecule has 1 amide bonds. The van der Waals surface area contributed by atoms with Crippen molar-refractivity contribution >= 4 is 44.1 Å². The van der Waals surface area contributed by atoms with E-state index < -0.39 is 23.5 Å². The van der Waals surface area contributed by atoms with Crippen LogP contribution in [0.15, 0.2) is 66.2 Å². The highest BCUT2D eigenvalue weighted by molar-refractivity contribution is 7.22. The van der Waals surface area contributed by atoms with Crippen LogP contribution in [0.3, 0.4) is 0 Å². The number of amides is 1. The summed E-state index contributed by atoms with van der Waals surface area (Å²) in [6.07, 6.45) is 0. The van der Waals surface area contributed by atoms with E-state index in [1.54, 1.807) is 30.3 Å². The predicted octanol–water partition coefficient (Wildman–Crippen LogP) is 6.08. The zero-order chi connectivity index (χ0) is 25.6. The molecule has 1 fully saturated rings. The van der Waals surface area contributed by atoms with E-state index in [1.807, 2.05) is 32.9 Å². The molecule has 36 heavy (non-hydrogen) atoms. The van der Waals surface area contributed by atoms with E-state index in [1.165, 1.54) is 34.4 Å². The van der Waals surface area contributed by atoms with Gasteiger partial charge in [0.2, 0.25) is 0 Å². The number of carbonyl (C=O) groups is 2. The molecule has 1 aliphatic rings. The Balaban J connectivity index is 1.70. The normalized spacial score (nSPS) is 17.2. The Hall–Kier alpha value is -4.04. The molecular weight excluding hydrogens is 479 g/mol. The third kappa shape index (κ3) is 4.03. The summed E-state index contributed by atoms with van der Waals surface area (Å²) in [5.41, 5.74) is 3.30. The van der Waals surface area contributed by atoms with Gasteiger partial charge in [-0.3, -0.25) is 14.5 Å². The number of aliphatic hydroxyl groups is 1. The summed E-state index contributed by atoms with van der Waals surface area (Å²) in [6.45, 7) is 6.25. The van der Waals surface area contributed by atoms with Gasteiger partial charge in [-0.15, -0.1) is 0 Å². The zero-order valence-electron chi connectivity index (χ0n) is 19.9. The zero-order valence-corrected chi connectivity index (χ0v) is 20.7. The number of anilines is 1. The van der Waals surface area contributed by atoms with Crippen molar-refractivity contribution in [2.24, 2.45) is 0 Å². The number of ketones is 1. The molecule has 2 heterocycles. The maximum atomic E-state index is 14.3. The van der Waals surface area contributed by atoms with Crippen molar-refractivity contribution in [3.05, 3.63) is 94.3 Å². The van der Waals surface area contributed by atoms with Gasteiger partial charge in [0, 0.05) is 5.56 Å². The van der Waals surface area contributed by atoms with E-state index in [9.17, 15) is 19.1 Å². The fraction of sp³-hybridized carbons (Fsp3) is 0.179. The topological polar surface area (TPSA) is 79.7 Å². The number of nitrogens with zero attached hydrogens (tertiary/aromatic N) is 2. The predicted molar refractivity (Wildman–Crippen MR) is 138 cm³/mol. The van der Waals surface area contributed by atoms with Crippen molar-refractivity contribution < 1.29 is 23.8 Å². The third-order valence-corrected chi connectivity index (χ3v) is 7.07. The van der Waals surface area contributed by atoms with E-state index in [0.717, 1.165) is 21.3 Å². The second-order valence-corrected chi connectivity index (χ2v) is 9.62.